The summed E-state index contributed by atoms with van der Waals surface area (Å²) in [4.78, 5) is 26.8. The van der Waals surface area contributed by atoms with E-state index in [1.165, 1.54) is 0 Å². The summed E-state index contributed by atoms with van der Waals surface area (Å²) in [6.07, 6.45) is 1.93. The Bertz CT molecular complexity index is 1270. The van der Waals surface area contributed by atoms with Gasteiger partial charge in [0, 0.05) is 60.3 Å². The second-order valence-corrected chi connectivity index (χ2v) is 9.04. The monoisotopic (exact) mass is 509 g/mol. The Morgan fingerprint density at radius 3 is 2.64 bits per heavy atom. The summed E-state index contributed by atoms with van der Waals surface area (Å²) in [6.45, 7) is 4.47. The number of ether oxygens (including phenoxy) is 3. The van der Waals surface area contributed by atoms with Crippen molar-refractivity contribution in [3.05, 3.63) is 53.2 Å². The molecule has 0 saturated carbocycles. The van der Waals surface area contributed by atoms with Gasteiger partial charge in [-0.05, 0) is 30.3 Å². The lowest BCUT2D eigenvalue weighted by Gasteiger charge is -2.30. The number of nitrogens with zero attached hydrogens (tertiary/aromatic N) is 4. The summed E-state index contributed by atoms with van der Waals surface area (Å²) in [5, 5.41) is 3.80. The molecule has 0 aliphatic carbocycles. The molecule has 0 spiro atoms. The maximum atomic E-state index is 13.4. The zero-order chi connectivity index (χ0) is 25.1. The molecule has 2 aromatic carbocycles. The zero-order valence-electron chi connectivity index (χ0n) is 20.3. The quantitative estimate of drug-likeness (QED) is 0.515. The number of methoxy groups -OCH3 is 2. The number of morpholine rings is 1. The van der Waals surface area contributed by atoms with Crippen molar-refractivity contribution in [1.82, 2.24) is 14.9 Å². The van der Waals surface area contributed by atoms with E-state index in [0.29, 0.717) is 47.9 Å². The minimum absolute atomic E-state index is 0.00488. The minimum atomic E-state index is -0.00488. The highest BCUT2D eigenvalue weighted by Crippen LogP contribution is 2.38. The fourth-order valence-electron chi connectivity index (χ4n) is 4.51. The number of carbonyl (C=O) groups excluding carboxylic acids is 1. The van der Waals surface area contributed by atoms with Crippen LogP contribution >= 0.6 is 11.6 Å². The third kappa shape index (κ3) is 5.09. The van der Waals surface area contributed by atoms with Crippen molar-refractivity contribution in [2.45, 2.75) is 6.42 Å². The average molecular weight is 510 g/mol. The molecular formula is C26H28ClN5O4. The summed E-state index contributed by atoms with van der Waals surface area (Å²) in [6, 6.07) is 11.1. The Morgan fingerprint density at radius 1 is 1.06 bits per heavy atom. The summed E-state index contributed by atoms with van der Waals surface area (Å²) in [5.74, 6) is 1.64. The van der Waals surface area contributed by atoms with Gasteiger partial charge in [-0.3, -0.25) is 9.69 Å². The van der Waals surface area contributed by atoms with Crippen LogP contribution in [0.1, 0.15) is 5.56 Å². The number of nitrogens with one attached hydrogen (secondary N) is 1. The van der Waals surface area contributed by atoms with Crippen LogP contribution in [-0.4, -0.2) is 74.4 Å². The van der Waals surface area contributed by atoms with Crippen LogP contribution in [-0.2, 0) is 16.0 Å². The Labute approximate surface area is 214 Å². The molecule has 0 atom stereocenters. The van der Waals surface area contributed by atoms with E-state index in [4.69, 9.17) is 30.8 Å². The largest absolute Gasteiger partial charge is 0.493 e. The number of aromatic nitrogens is 2. The highest BCUT2D eigenvalue weighted by molar-refractivity contribution is 6.31. The van der Waals surface area contributed by atoms with Crippen LogP contribution in [0.25, 0.3) is 11.3 Å². The van der Waals surface area contributed by atoms with Crippen molar-refractivity contribution >= 4 is 34.8 Å². The molecule has 1 fully saturated rings. The number of hydrogen-bond acceptors (Lipinski definition) is 8. The molecule has 188 valence electrons. The molecule has 2 aliphatic heterocycles. The summed E-state index contributed by atoms with van der Waals surface area (Å²) in [7, 11) is 3.18. The second kappa shape index (κ2) is 10.7. The molecule has 2 aliphatic rings. The Hall–Kier alpha value is -3.40. The van der Waals surface area contributed by atoms with Crippen molar-refractivity contribution in [2.24, 2.45) is 0 Å². The van der Waals surface area contributed by atoms with E-state index >= 15 is 0 Å². The van der Waals surface area contributed by atoms with Gasteiger partial charge in [0.1, 0.15) is 0 Å². The van der Waals surface area contributed by atoms with Gasteiger partial charge in [0.2, 0.25) is 11.9 Å². The lowest BCUT2D eigenvalue weighted by molar-refractivity contribution is -0.118. The van der Waals surface area contributed by atoms with Gasteiger partial charge in [0.15, 0.2) is 11.5 Å². The van der Waals surface area contributed by atoms with E-state index in [2.05, 4.69) is 15.2 Å². The number of fused-ring (bicyclic) bond motifs is 3. The number of halogens is 1. The van der Waals surface area contributed by atoms with Crippen molar-refractivity contribution in [1.29, 1.82) is 0 Å². The van der Waals surface area contributed by atoms with E-state index in [-0.39, 0.29) is 12.3 Å². The highest BCUT2D eigenvalue weighted by Gasteiger charge is 2.28. The molecule has 0 unspecified atom stereocenters. The molecule has 1 aromatic heterocycles. The van der Waals surface area contributed by atoms with Crippen LogP contribution in [0.15, 0.2) is 42.6 Å². The van der Waals surface area contributed by atoms with E-state index in [9.17, 15) is 4.79 Å². The van der Waals surface area contributed by atoms with Crippen LogP contribution in [0.4, 0.5) is 17.3 Å². The van der Waals surface area contributed by atoms with Crippen LogP contribution in [0, 0.1) is 0 Å². The number of rotatable bonds is 7. The third-order valence-electron chi connectivity index (χ3n) is 6.40. The lowest BCUT2D eigenvalue weighted by atomic mass is 10.1. The molecule has 3 heterocycles. The molecule has 10 heteroatoms. The summed E-state index contributed by atoms with van der Waals surface area (Å²) < 4.78 is 16.2. The van der Waals surface area contributed by atoms with Crippen molar-refractivity contribution in [3.63, 3.8) is 0 Å². The summed E-state index contributed by atoms with van der Waals surface area (Å²) in [5.41, 5.74) is 3.84. The summed E-state index contributed by atoms with van der Waals surface area (Å²) >= 11 is 6.38. The predicted molar refractivity (Wildman–Crippen MR) is 139 cm³/mol. The van der Waals surface area contributed by atoms with Crippen molar-refractivity contribution < 1.29 is 19.0 Å². The van der Waals surface area contributed by atoms with Gasteiger partial charge < -0.3 is 24.4 Å². The first kappa shape index (κ1) is 24.3. The molecule has 1 amide bonds. The normalized spacial score (nSPS) is 15.6. The second-order valence-electron chi connectivity index (χ2n) is 8.60. The fraction of sp³-hybridized carbons (Fsp3) is 0.346. The lowest BCUT2D eigenvalue weighted by Crippen LogP contribution is -2.43. The Balaban J connectivity index is 1.46. The number of benzene rings is 2. The molecule has 5 rings (SSSR count). The molecule has 0 radical (unpaired) electrons. The van der Waals surface area contributed by atoms with E-state index in [1.54, 1.807) is 20.4 Å². The number of carbonyl (C=O) groups is 1. The first-order valence-corrected chi connectivity index (χ1v) is 12.2. The van der Waals surface area contributed by atoms with Gasteiger partial charge in [-0.2, -0.15) is 0 Å². The van der Waals surface area contributed by atoms with Gasteiger partial charge in [-0.25, -0.2) is 9.97 Å². The topological polar surface area (TPSA) is 89.0 Å². The highest BCUT2D eigenvalue weighted by atomic mass is 35.5. The maximum Gasteiger partial charge on any atom is 0.231 e. The molecule has 36 heavy (non-hydrogen) atoms. The molecule has 9 nitrogen and oxygen atoms in total. The molecule has 1 saturated heterocycles. The van der Waals surface area contributed by atoms with Crippen molar-refractivity contribution in [3.8, 4) is 22.8 Å². The molecule has 0 bridgehead atoms. The number of amides is 1. The smallest absolute Gasteiger partial charge is 0.231 e. The maximum absolute atomic E-state index is 13.4. The van der Waals surface area contributed by atoms with Crippen molar-refractivity contribution in [2.75, 3.05) is 63.8 Å². The SMILES string of the molecule is COc1ccc(Nc2ncc3c(n2)-c2ccc(Cl)cc2N(CCN2CCOCC2)C(=O)C3)cc1OC. The van der Waals surface area contributed by atoms with Crippen LogP contribution in [0.5, 0.6) is 11.5 Å². The van der Waals surface area contributed by atoms with Crippen LogP contribution in [0.3, 0.4) is 0 Å². The van der Waals surface area contributed by atoms with Gasteiger partial charge in [0.05, 0.1) is 45.2 Å². The Kier molecular flexibility index (Phi) is 7.22. The Morgan fingerprint density at radius 2 is 1.86 bits per heavy atom. The van der Waals surface area contributed by atoms with Gasteiger partial charge in [-0.1, -0.05) is 11.6 Å². The molecule has 1 N–H and O–H groups in total. The van der Waals surface area contributed by atoms with Gasteiger partial charge >= 0.3 is 0 Å². The third-order valence-corrected chi connectivity index (χ3v) is 6.63. The first-order valence-electron chi connectivity index (χ1n) is 11.8. The minimum Gasteiger partial charge on any atom is -0.493 e. The van der Waals surface area contributed by atoms with E-state index in [1.807, 2.05) is 41.3 Å². The first-order chi connectivity index (χ1) is 17.6. The zero-order valence-corrected chi connectivity index (χ0v) is 21.0. The van der Waals surface area contributed by atoms with E-state index < -0.39 is 0 Å². The average Bonchev–Trinajstić information content (AvgIpc) is 3.01. The van der Waals surface area contributed by atoms with Crippen LogP contribution in [0.2, 0.25) is 5.02 Å². The number of hydrogen-bond donors (Lipinski definition) is 1. The number of anilines is 3. The molecule has 3 aromatic rings. The van der Waals surface area contributed by atoms with Gasteiger partial charge in [-0.15, -0.1) is 0 Å². The van der Waals surface area contributed by atoms with Crippen LogP contribution < -0.4 is 19.7 Å². The predicted octanol–water partition coefficient (Wildman–Crippen LogP) is 3.78. The fourth-order valence-corrected chi connectivity index (χ4v) is 4.67. The molecular weight excluding hydrogens is 482 g/mol. The van der Waals surface area contributed by atoms with E-state index in [0.717, 1.165) is 42.1 Å². The van der Waals surface area contributed by atoms with Gasteiger partial charge in [0.25, 0.3) is 0 Å². The standard InChI is InChI=1S/C26H28ClN5O4/c1-34-22-6-4-19(15-23(22)35-2)29-26-28-16-17-13-24(33)32(8-7-31-9-11-36-12-10-31)21-14-18(27)3-5-20(21)25(17)30-26/h3-6,14-16H,7-13H2,1-2H3,(H,28,29,30).